The van der Waals surface area contributed by atoms with Crippen molar-refractivity contribution in [3.63, 3.8) is 0 Å². The van der Waals surface area contributed by atoms with E-state index in [0.717, 1.165) is 36.1 Å². The number of fused-ring (bicyclic) bond motifs is 1. The normalized spacial score (nSPS) is 16.9. The molecule has 1 aliphatic heterocycles. The number of esters is 1. The summed E-state index contributed by atoms with van der Waals surface area (Å²) in [6.45, 7) is 3.08. The number of aryl methyl sites for hydroxylation is 1. The lowest BCUT2D eigenvalue weighted by atomic mass is 9.95. The molecule has 8 nitrogen and oxygen atoms in total. The molecule has 196 valence electrons. The van der Waals surface area contributed by atoms with Crippen molar-refractivity contribution in [3.8, 4) is 0 Å². The molecule has 4 rings (SSSR count). The van der Waals surface area contributed by atoms with Crippen LogP contribution < -0.4 is 10.6 Å². The third-order valence-electron chi connectivity index (χ3n) is 6.51. The largest absolute Gasteiger partial charge is 0.462 e. The quantitative estimate of drug-likeness (QED) is 0.435. The summed E-state index contributed by atoms with van der Waals surface area (Å²) in [6, 6.07) is 4.00. The number of nitrogens with zero attached hydrogens (tertiary/aromatic N) is 1. The Morgan fingerprint density at radius 2 is 1.89 bits per heavy atom. The van der Waals surface area contributed by atoms with E-state index < -0.39 is 16.0 Å². The number of urea groups is 1. The van der Waals surface area contributed by atoms with E-state index in [2.05, 4.69) is 10.6 Å². The topological polar surface area (TPSA) is 105 Å². The Bertz CT molecular complexity index is 1240. The number of hydrogen-bond acceptors (Lipinski definition) is 6. The number of ether oxygens (including phenoxy) is 1. The van der Waals surface area contributed by atoms with Gasteiger partial charge in [-0.2, -0.15) is 4.31 Å². The summed E-state index contributed by atoms with van der Waals surface area (Å²) in [5.74, 6) is -0.279. The van der Waals surface area contributed by atoms with Crippen molar-refractivity contribution < 1.29 is 22.7 Å². The van der Waals surface area contributed by atoms with Gasteiger partial charge < -0.3 is 10.1 Å². The first-order chi connectivity index (χ1) is 17.2. The van der Waals surface area contributed by atoms with Crippen LogP contribution in [0.2, 0.25) is 10.0 Å². The lowest BCUT2D eigenvalue weighted by Crippen LogP contribution is -2.42. The van der Waals surface area contributed by atoms with Crippen LogP contribution in [0.5, 0.6) is 0 Å². The monoisotopic (exact) mass is 573 g/mol. The first kappa shape index (κ1) is 27.2. The molecule has 1 saturated heterocycles. The zero-order valence-corrected chi connectivity index (χ0v) is 23.1. The van der Waals surface area contributed by atoms with Gasteiger partial charge in [0.1, 0.15) is 9.90 Å². The molecule has 1 aromatic carbocycles. The molecule has 1 aromatic heterocycles. The number of rotatable bonds is 7. The van der Waals surface area contributed by atoms with Gasteiger partial charge >= 0.3 is 12.0 Å². The molecule has 2 amide bonds. The molecule has 0 unspecified atom stereocenters. The van der Waals surface area contributed by atoms with Crippen molar-refractivity contribution in [2.45, 2.75) is 50.3 Å². The highest BCUT2D eigenvalue weighted by molar-refractivity contribution is 7.89. The van der Waals surface area contributed by atoms with Crippen molar-refractivity contribution in [2.24, 2.45) is 5.92 Å². The molecule has 1 fully saturated rings. The van der Waals surface area contributed by atoms with Gasteiger partial charge in [-0.3, -0.25) is 5.32 Å². The predicted molar refractivity (Wildman–Crippen MR) is 142 cm³/mol. The Balaban J connectivity index is 1.33. The Morgan fingerprint density at radius 1 is 1.17 bits per heavy atom. The molecule has 12 heteroatoms. The molecule has 0 radical (unpaired) electrons. The van der Waals surface area contributed by atoms with Gasteiger partial charge in [0.2, 0.25) is 10.0 Å². The number of thiophene rings is 1. The van der Waals surface area contributed by atoms with Crippen molar-refractivity contribution in [3.05, 3.63) is 44.2 Å². The van der Waals surface area contributed by atoms with Crippen molar-refractivity contribution in [1.82, 2.24) is 9.62 Å². The van der Waals surface area contributed by atoms with Crippen LogP contribution in [0.3, 0.4) is 0 Å². The minimum Gasteiger partial charge on any atom is -0.462 e. The number of halogens is 2. The Kier molecular flexibility index (Phi) is 8.83. The molecule has 0 spiro atoms. The number of carbonyl (C=O) groups excluding carboxylic acids is 2. The maximum Gasteiger partial charge on any atom is 0.341 e. The molecule has 2 aromatic rings. The fourth-order valence-corrected chi connectivity index (χ4v) is 8.10. The summed E-state index contributed by atoms with van der Waals surface area (Å²) < 4.78 is 32.7. The summed E-state index contributed by atoms with van der Waals surface area (Å²) in [7, 11) is -3.76. The van der Waals surface area contributed by atoms with Gasteiger partial charge in [-0.15, -0.1) is 11.3 Å². The lowest BCUT2D eigenvalue weighted by Gasteiger charge is -2.31. The zero-order valence-electron chi connectivity index (χ0n) is 19.9. The van der Waals surface area contributed by atoms with Gasteiger partial charge in [-0.25, -0.2) is 18.0 Å². The first-order valence-electron chi connectivity index (χ1n) is 12.0. The minimum atomic E-state index is -3.76. The van der Waals surface area contributed by atoms with E-state index in [1.165, 1.54) is 27.8 Å². The van der Waals surface area contributed by atoms with Gasteiger partial charge in [0, 0.05) is 29.5 Å². The van der Waals surface area contributed by atoms with Crippen molar-refractivity contribution in [1.29, 1.82) is 0 Å². The third-order valence-corrected chi connectivity index (χ3v) is 10.3. The zero-order chi connectivity index (χ0) is 25.9. The third kappa shape index (κ3) is 5.99. The highest BCUT2D eigenvalue weighted by atomic mass is 35.5. The Hall–Kier alpha value is -1.85. The summed E-state index contributed by atoms with van der Waals surface area (Å²) in [6.07, 6.45) is 4.99. The van der Waals surface area contributed by atoms with Crippen LogP contribution in [0, 0.1) is 5.92 Å². The number of sulfonamides is 1. The van der Waals surface area contributed by atoms with Crippen LogP contribution in [0.1, 0.15) is 53.4 Å². The average Bonchev–Trinajstić information content (AvgIpc) is 3.22. The Labute approximate surface area is 225 Å². The molecular weight excluding hydrogens is 545 g/mol. The molecule has 0 atom stereocenters. The van der Waals surface area contributed by atoms with E-state index >= 15 is 0 Å². The second-order valence-electron chi connectivity index (χ2n) is 8.89. The molecule has 0 saturated carbocycles. The lowest BCUT2D eigenvalue weighted by molar-refractivity contribution is 0.0526. The molecule has 0 bridgehead atoms. The smallest absolute Gasteiger partial charge is 0.341 e. The molecule has 2 heterocycles. The fraction of sp³-hybridized carbons (Fsp3) is 0.500. The number of benzene rings is 1. The predicted octanol–water partition coefficient (Wildman–Crippen LogP) is 5.33. The van der Waals surface area contributed by atoms with Crippen LogP contribution in [0.15, 0.2) is 23.1 Å². The van der Waals surface area contributed by atoms with Crippen molar-refractivity contribution >= 4 is 61.6 Å². The van der Waals surface area contributed by atoms with Gasteiger partial charge in [-0.05, 0) is 75.1 Å². The van der Waals surface area contributed by atoms with E-state index in [1.54, 1.807) is 13.0 Å². The second-order valence-corrected chi connectivity index (χ2v) is 12.7. The SMILES string of the molecule is CCOC(=O)c1c(NC(=O)NCC2CCN(S(=O)(=O)c3cc(Cl)ccc3Cl)CC2)sc2c1CCCC2. The number of carbonyl (C=O) groups is 2. The first-order valence-corrected chi connectivity index (χ1v) is 15.0. The van der Waals surface area contributed by atoms with Crippen LogP contribution in [0.25, 0.3) is 0 Å². The fourth-order valence-electron chi connectivity index (χ4n) is 4.63. The maximum atomic E-state index is 13.0. The molecular formula is C24H29Cl2N3O5S2. The molecule has 1 aliphatic carbocycles. The summed E-state index contributed by atoms with van der Waals surface area (Å²) in [5, 5.41) is 6.69. The highest BCUT2D eigenvalue weighted by Gasteiger charge is 2.32. The summed E-state index contributed by atoms with van der Waals surface area (Å²) >= 11 is 13.5. The average molecular weight is 575 g/mol. The highest BCUT2D eigenvalue weighted by Crippen LogP contribution is 2.38. The van der Waals surface area contributed by atoms with E-state index in [0.29, 0.717) is 48.1 Å². The number of amides is 2. The van der Waals surface area contributed by atoms with Gasteiger partial charge in [0.05, 0.1) is 17.2 Å². The maximum absolute atomic E-state index is 13.0. The standard InChI is InChI=1S/C24H29Cl2N3O5S2/c1-2-34-23(30)21-17-5-3-4-6-19(17)35-22(21)28-24(31)27-14-15-9-11-29(12-10-15)36(32,33)20-13-16(25)7-8-18(20)26/h7-8,13,15H,2-6,9-12,14H2,1H3,(H2,27,28,31). The van der Waals surface area contributed by atoms with Gasteiger partial charge in [0.25, 0.3) is 0 Å². The summed E-state index contributed by atoms with van der Waals surface area (Å²) in [4.78, 5) is 26.4. The summed E-state index contributed by atoms with van der Waals surface area (Å²) in [5.41, 5.74) is 1.47. The molecule has 2 N–H and O–H groups in total. The van der Waals surface area contributed by atoms with Crippen LogP contribution in [0.4, 0.5) is 9.80 Å². The Morgan fingerprint density at radius 3 is 2.61 bits per heavy atom. The number of nitrogens with one attached hydrogen (secondary N) is 2. The van der Waals surface area contributed by atoms with E-state index in [-0.39, 0.29) is 28.5 Å². The van der Waals surface area contributed by atoms with Gasteiger partial charge in [-0.1, -0.05) is 23.2 Å². The number of piperidine rings is 1. The van der Waals surface area contributed by atoms with Crippen LogP contribution in [-0.2, 0) is 27.6 Å². The number of hydrogen-bond donors (Lipinski definition) is 2. The van der Waals surface area contributed by atoms with E-state index in [1.807, 2.05) is 0 Å². The van der Waals surface area contributed by atoms with Gasteiger partial charge in [0.15, 0.2) is 0 Å². The molecule has 2 aliphatic rings. The minimum absolute atomic E-state index is 0.00340. The number of anilines is 1. The van der Waals surface area contributed by atoms with Crippen LogP contribution >= 0.6 is 34.5 Å². The van der Waals surface area contributed by atoms with E-state index in [4.69, 9.17) is 27.9 Å². The van der Waals surface area contributed by atoms with Crippen molar-refractivity contribution in [2.75, 3.05) is 31.6 Å². The molecule has 36 heavy (non-hydrogen) atoms. The van der Waals surface area contributed by atoms with E-state index in [9.17, 15) is 18.0 Å². The second kappa shape index (κ2) is 11.7. The van der Waals surface area contributed by atoms with Crippen LogP contribution in [-0.4, -0.2) is 51.0 Å².